The first kappa shape index (κ1) is 8.78. The Balaban J connectivity index is 2.82. The molecule has 0 aromatic heterocycles. The van der Waals surface area contributed by atoms with E-state index in [1.54, 1.807) is 0 Å². The Kier molecular flexibility index (Phi) is 2.86. The van der Waals surface area contributed by atoms with E-state index in [0.29, 0.717) is 0 Å². The molecular weight excluding hydrogens is 148 g/mol. The van der Waals surface area contributed by atoms with Gasteiger partial charge in [-0.2, -0.15) is 0 Å². The average molecular weight is 162 g/mol. The van der Waals surface area contributed by atoms with Crippen LogP contribution in [0.15, 0.2) is 18.2 Å². The molecule has 0 saturated carbocycles. The molecule has 12 heavy (non-hydrogen) atoms. The van der Waals surface area contributed by atoms with E-state index in [9.17, 15) is 0 Å². The molecule has 0 fully saturated rings. The second-order valence-electron chi connectivity index (χ2n) is 2.95. The predicted octanol–water partition coefficient (Wildman–Crippen LogP) is 2.16. The topological polar surface area (TPSA) is 49.9 Å². The van der Waals surface area contributed by atoms with Crippen LogP contribution in [0.25, 0.3) is 0 Å². The van der Waals surface area contributed by atoms with Crippen LogP contribution in [0.5, 0.6) is 0 Å². The molecule has 1 aromatic carbocycles. The number of anilines is 1. The molecule has 1 aromatic rings. The Labute approximate surface area is 72.9 Å². The smallest absolute Gasteiger partial charge is 0.0346 e. The van der Waals surface area contributed by atoms with Crippen molar-refractivity contribution in [3.05, 3.63) is 29.3 Å². The Morgan fingerprint density at radius 2 is 2.25 bits per heavy atom. The van der Waals surface area contributed by atoms with Crippen LogP contribution in [0.2, 0.25) is 0 Å². The van der Waals surface area contributed by atoms with Crippen molar-refractivity contribution in [3.8, 4) is 0 Å². The van der Waals surface area contributed by atoms with Gasteiger partial charge in [0.2, 0.25) is 0 Å². The summed E-state index contributed by atoms with van der Waals surface area (Å²) < 4.78 is 0. The van der Waals surface area contributed by atoms with E-state index in [0.717, 1.165) is 24.1 Å². The maximum Gasteiger partial charge on any atom is 0.0346 e. The van der Waals surface area contributed by atoms with Crippen molar-refractivity contribution in [1.29, 1.82) is 5.41 Å². The number of nitrogen functional groups attached to an aromatic ring is 1. The zero-order valence-corrected chi connectivity index (χ0v) is 7.30. The molecule has 0 aliphatic heterocycles. The Morgan fingerprint density at radius 1 is 1.50 bits per heavy atom. The first-order valence-corrected chi connectivity index (χ1v) is 4.08. The largest absolute Gasteiger partial charge is 0.399 e. The summed E-state index contributed by atoms with van der Waals surface area (Å²) in [5.74, 6) is 0. The fourth-order valence-corrected chi connectivity index (χ4v) is 1.18. The van der Waals surface area contributed by atoms with E-state index in [4.69, 9.17) is 11.1 Å². The van der Waals surface area contributed by atoms with Crippen molar-refractivity contribution in [1.82, 2.24) is 0 Å². The Bertz CT molecular complexity index is 279. The van der Waals surface area contributed by atoms with Gasteiger partial charge in [-0.05, 0) is 37.6 Å². The van der Waals surface area contributed by atoms with E-state index >= 15 is 0 Å². The summed E-state index contributed by atoms with van der Waals surface area (Å²) in [6.07, 6.45) is 3.06. The lowest BCUT2D eigenvalue weighted by molar-refractivity contribution is 1.05. The molecule has 2 heteroatoms. The molecule has 0 spiro atoms. The van der Waals surface area contributed by atoms with Gasteiger partial charge in [0, 0.05) is 5.69 Å². The summed E-state index contributed by atoms with van der Waals surface area (Å²) in [5, 5.41) is 6.91. The van der Waals surface area contributed by atoms with Crippen molar-refractivity contribution >= 4 is 11.9 Å². The van der Waals surface area contributed by atoms with Gasteiger partial charge in [0.1, 0.15) is 0 Å². The number of nitrogens with two attached hydrogens (primary N) is 1. The molecule has 0 amide bonds. The molecule has 0 saturated heterocycles. The van der Waals surface area contributed by atoms with Gasteiger partial charge < -0.3 is 11.1 Å². The van der Waals surface area contributed by atoms with Gasteiger partial charge in [0.15, 0.2) is 0 Å². The van der Waals surface area contributed by atoms with E-state index < -0.39 is 0 Å². The van der Waals surface area contributed by atoms with Crippen LogP contribution in [-0.4, -0.2) is 6.21 Å². The van der Waals surface area contributed by atoms with Gasteiger partial charge in [-0.25, -0.2) is 0 Å². The van der Waals surface area contributed by atoms with E-state index in [1.165, 1.54) is 11.8 Å². The van der Waals surface area contributed by atoms with Gasteiger partial charge in [-0.15, -0.1) is 0 Å². The van der Waals surface area contributed by atoms with Crippen molar-refractivity contribution in [2.75, 3.05) is 5.73 Å². The zero-order valence-electron chi connectivity index (χ0n) is 7.30. The fourth-order valence-electron chi connectivity index (χ4n) is 1.18. The standard InChI is InChI=1S/C10H14N2/c1-8-4-5-10(12)9(7-8)3-2-6-11/h4-7,11H,2-3,12H2,1H3. The van der Waals surface area contributed by atoms with Gasteiger partial charge in [-0.1, -0.05) is 17.7 Å². The molecule has 1 rings (SSSR count). The number of hydrogen-bond acceptors (Lipinski definition) is 2. The van der Waals surface area contributed by atoms with Crippen molar-refractivity contribution in [2.45, 2.75) is 19.8 Å². The van der Waals surface area contributed by atoms with Gasteiger partial charge in [0.25, 0.3) is 0 Å². The lowest BCUT2D eigenvalue weighted by Gasteiger charge is -2.04. The van der Waals surface area contributed by atoms with Crippen LogP contribution in [0, 0.1) is 12.3 Å². The molecule has 2 nitrogen and oxygen atoms in total. The van der Waals surface area contributed by atoms with Crippen molar-refractivity contribution in [2.24, 2.45) is 0 Å². The highest BCUT2D eigenvalue weighted by Crippen LogP contribution is 2.14. The highest BCUT2D eigenvalue weighted by molar-refractivity contribution is 5.56. The molecule has 0 aliphatic rings. The second-order valence-corrected chi connectivity index (χ2v) is 2.95. The first-order valence-electron chi connectivity index (χ1n) is 4.08. The SMILES string of the molecule is Cc1ccc(N)c(CCC=N)c1. The van der Waals surface area contributed by atoms with Crippen LogP contribution in [-0.2, 0) is 6.42 Å². The summed E-state index contributed by atoms with van der Waals surface area (Å²) in [4.78, 5) is 0. The van der Waals surface area contributed by atoms with Gasteiger partial charge in [-0.3, -0.25) is 0 Å². The summed E-state index contributed by atoms with van der Waals surface area (Å²) in [5.41, 5.74) is 8.97. The Hall–Kier alpha value is -1.31. The highest BCUT2D eigenvalue weighted by atomic mass is 14.6. The minimum atomic E-state index is 0.771. The minimum Gasteiger partial charge on any atom is -0.399 e. The number of hydrogen-bond donors (Lipinski definition) is 2. The van der Waals surface area contributed by atoms with Crippen molar-refractivity contribution in [3.63, 3.8) is 0 Å². The van der Waals surface area contributed by atoms with E-state index in [1.807, 2.05) is 19.1 Å². The quantitative estimate of drug-likeness (QED) is 0.519. The third kappa shape index (κ3) is 2.09. The van der Waals surface area contributed by atoms with Gasteiger partial charge in [0.05, 0.1) is 0 Å². The lowest BCUT2D eigenvalue weighted by atomic mass is 10.1. The van der Waals surface area contributed by atoms with E-state index in [2.05, 4.69) is 6.07 Å². The summed E-state index contributed by atoms with van der Waals surface area (Å²) in [6, 6.07) is 6.01. The lowest BCUT2D eigenvalue weighted by Crippen LogP contribution is -1.95. The number of benzene rings is 1. The van der Waals surface area contributed by atoms with Crippen LogP contribution >= 0.6 is 0 Å². The van der Waals surface area contributed by atoms with Crippen LogP contribution in [0.4, 0.5) is 5.69 Å². The fraction of sp³-hybridized carbons (Fsp3) is 0.300. The molecule has 0 unspecified atom stereocenters. The monoisotopic (exact) mass is 162 g/mol. The third-order valence-electron chi connectivity index (χ3n) is 1.86. The minimum absolute atomic E-state index is 0.771. The molecule has 3 N–H and O–H groups in total. The highest BCUT2D eigenvalue weighted by Gasteiger charge is 1.97. The third-order valence-corrected chi connectivity index (χ3v) is 1.86. The molecule has 0 aliphatic carbocycles. The average Bonchev–Trinajstić information content (AvgIpc) is 2.07. The van der Waals surface area contributed by atoms with E-state index in [-0.39, 0.29) is 0 Å². The summed E-state index contributed by atoms with van der Waals surface area (Å²) in [7, 11) is 0. The first-order chi connectivity index (χ1) is 5.74. The number of aryl methyl sites for hydroxylation is 2. The molecule has 0 bridgehead atoms. The molecule has 64 valence electrons. The summed E-state index contributed by atoms with van der Waals surface area (Å²) >= 11 is 0. The zero-order chi connectivity index (χ0) is 8.97. The van der Waals surface area contributed by atoms with Gasteiger partial charge >= 0.3 is 0 Å². The normalized spacial score (nSPS) is 9.75. The molecule has 0 heterocycles. The second kappa shape index (κ2) is 3.90. The van der Waals surface area contributed by atoms with Crippen LogP contribution in [0.1, 0.15) is 17.5 Å². The van der Waals surface area contributed by atoms with Crippen LogP contribution < -0.4 is 5.73 Å². The maximum atomic E-state index is 6.91. The Morgan fingerprint density at radius 3 is 2.92 bits per heavy atom. The predicted molar refractivity (Wildman–Crippen MR) is 52.7 cm³/mol. The number of rotatable bonds is 3. The van der Waals surface area contributed by atoms with Crippen LogP contribution in [0.3, 0.4) is 0 Å². The molecular formula is C10H14N2. The van der Waals surface area contributed by atoms with Crippen molar-refractivity contribution < 1.29 is 0 Å². The number of nitrogens with one attached hydrogen (secondary N) is 1. The summed E-state index contributed by atoms with van der Waals surface area (Å²) in [6.45, 7) is 2.05. The molecule has 0 atom stereocenters. The maximum absolute atomic E-state index is 6.91. The molecule has 0 radical (unpaired) electrons.